The van der Waals surface area contributed by atoms with E-state index >= 15 is 0 Å². The van der Waals surface area contributed by atoms with Crippen LogP contribution >= 0.6 is 0 Å². The molecule has 0 aromatic heterocycles. The van der Waals surface area contributed by atoms with Crippen LogP contribution in [0.15, 0.2) is 121 Å². The van der Waals surface area contributed by atoms with Crippen LogP contribution in [0.3, 0.4) is 0 Å². The molecule has 0 spiro atoms. The summed E-state index contributed by atoms with van der Waals surface area (Å²) in [6.45, 7) is 10.9. The number of ether oxygens (including phenoxy) is 7. The molecule has 1 N–H and O–H groups in total. The smallest absolute Gasteiger partial charge is 0.412 e. The lowest BCUT2D eigenvalue weighted by molar-refractivity contribution is -0.274. The van der Waals surface area contributed by atoms with Crippen LogP contribution in [0.2, 0.25) is 0 Å². The van der Waals surface area contributed by atoms with Gasteiger partial charge >= 0.3 is 6.09 Å². The fourth-order valence-corrected chi connectivity index (χ4v) is 7.43. The zero-order chi connectivity index (χ0) is 40.3. The molecule has 1 unspecified atom stereocenters. The number of amides is 1. The van der Waals surface area contributed by atoms with Gasteiger partial charge in [-0.1, -0.05) is 121 Å². The normalized spacial score (nSPS) is 23.9. The Kier molecular flexibility index (Phi) is 14.9. The van der Waals surface area contributed by atoms with E-state index in [1.807, 2.05) is 156 Å². The molecule has 10 heteroatoms. The van der Waals surface area contributed by atoms with Crippen LogP contribution in [0.1, 0.15) is 69.7 Å². The number of aliphatic hydroxyl groups is 1. The highest BCUT2D eigenvalue weighted by atomic mass is 16.6. The third-order valence-corrected chi connectivity index (χ3v) is 10.3. The summed E-state index contributed by atoms with van der Waals surface area (Å²) >= 11 is 0. The van der Waals surface area contributed by atoms with Crippen molar-refractivity contribution in [3.05, 3.63) is 144 Å². The second-order valence-corrected chi connectivity index (χ2v) is 16.3. The average Bonchev–Trinajstić information content (AvgIpc) is 3.53. The molecule has 306 valence electrons. The first-order valence-corrected chi connectivity index (χ1v) is 20.0. The first-order chi connectivity index (χ1) is 27.5. The molecule has 2 heterocycles. The summed E-state index contributed by atoms with van der Waals surface area (Å²) in [5.74, 6) is 0. The van der Waals surface area contributed by atoms with Crippen LogP contribution in [-0.2, 0) is 59.6 Å². The fraction of sp³-hybridized carbons (Fsp3) is 0.468. The predicted molar refractivity (Wildman–Crippen MR) is 217 cm³/mol. The molecule has 10 nitrogen and oxygen atoms in total. The Balaban J connectivity index is 1.29. The maximum absolute atomic E-state index is 13.5. The molecule has 6 rings (SSSR count). The van der Waals surface area contributed by atoms with Gasteiger partial charge in [0.05, 0.1) is 57.9 Å². The van der Waals surface area contributed by atoms with Crippen LogP contribution < -0.4 is 0 Å². The third-order valence-electron chi connectivity index (χ3n) is 10.3. The number of carbonyl (C=O) groups excluding carboxylic acids is 1. The molecule has 0 saturated carbocycles. The van der Waals surface area contributed by atoms with Gasteiger partial charge in [0.2, 0.25) is 0 Å². The molecule has 2 saturated heterocycles. The van der Waals surface area contributed by atoms with Gasteiger partial charge in [-0.25, -0.2) is 4.79 Å². The molecule has 7 atom stereocenters. The average molecular weight is 782 g/mol. The lowest BCUT2D eigenvalue weighted by atomic mass is 9.90. The Bertz CT molecular complexity index is 1770. The molecule has 0 radical (unpaired) electrons. The number of hydrogen-bond acceptors (Lipinski definition) is 9. The lowest BCUT2D eigenvalue weighted by Crippen LogP contribution is -2.61. The molecule has 0 aliphatic carbocycles. The van der Waals surface area contributed by atoms with E-state index in [1.165, 1.54) is 4.90 Å². The van der Waals surface area contributed by atoms with Gasteiger partial charge in [-0.15, -0.1) is 0 Å². The number of benzene rings is 4. The minimum absolute atomic E-state index is 0.168. The second kappa shape index (κ2) is 20.0. The highest BCUT2D eigenvalue weighted by Gasteiger charge is 2.51. The summed E-state index contributed by atoms with van der Waals surface area (Å²) in [5.41, 5.74) is 2.42. The zero-order valence-corrected chi connectivity index (χ0v) is 33.9. The second-order valence-electron chi connectivity index (χ2n) is 16.3. The highest BCUT2D eigenvalue weighted by molar-refractivity contribution is 5.70. The van der Waals surface area contributed by atoms with Crippen LogP contribution in [-0.4, -0.2) is 83.3 Å². The SMILES string of the molecule is CC(C)(C)OC(=O)N1[C@@H](C(O)CC[C@H]2O[C@H](COCc3ccccc3)[C@H](OCc3ccccc3)[C@H](OCc3ccccc3)[C@H]2OCc2ccccc2)COC1(C)C. The van der Waals surface area contributed by atoms with Gasteiger partial charge in [-0.3, -0.25) is 4.90 Å². The van der Waals surface area contributed by atoms with E-state index in [1.54, 1.807) is 0 Å². The number of nitrogens with zero attached hydrogens (tertiary/aromatic N) is 1. The molecule has 1 amide bonds. The van der Waals surface area contributed by atoms with E-state index in [0.717, 1.165) is 22.3 Å². The fourth-order valence-electron chi connectivity index (χ4n) is 7.43. The molecule has 4 aromatic carbocycles. The van der Waals surface area contributed by atoms with Gasteiger partial charge in [-0.2, -0.15) is 0 Å². The summed E-state index contributed by atoms with van der Waals surface area (Å²) in [6.07, 6.45) is -3.60. The summed E-state index contributed by atoms with van der Waals surface area (Å²) < 4.78 is 45.7. The first kappa shape index (κ1) is 42.5. The standard InChI is InChI=1S/C47H59NO9/c1-46(2,3)57-45(50)48-38(32-55-47(48,4)5)39(49)26-27-40-42(52-29-35-20-12-7-13-21-35)44(54-31-37-24-16-9-17-25-37)43(53-30-36-22-14-8-15-23-36)41(56-40)33-51-28-34-18-10-6-11-19-34/h6-25,38-44,49H,26-33H2,1-5H3/t38-,39?,40-,41-,42+,43+,44-/m1/s1. The Morgan fingerprint density at radius 3 is 1.61 bits per heavy atom. The monoisotopic (exact) mass is 781 g/mol. The van der Waals surface area contributed by atoms with Crippen molar-refractivity contribution in [3.8, 4) is 0 Å². The Morgan fingerprint density at radius 2 is 1.14 bits per heavy atom. The lowest BCUT2D eigenvalue weighted by Gasteiger charge is -2.46. The van der Waals surface area contributed by atoms with Gasteiger partial charge < -0.3 is 38.3 Å². The van der Waals surface area contributed by atoms with Crippen LogP contribution in [0.25, 0.3) is 0 Å². The highest BCUT2D eigenvalue weighted by Crippen LogP contribution is 2.36. The van der Waals surface area contributed by atoms with Crippen LogP contribution in [0.5, 0.6) is 0 Å². The first-order valence-electron chi connectivity index (χ1n) is 20.0. The summed E-state index contributed by atoms with van der Waals surface area (Å²) in [5, 5.41) is 11.8. The molecule has 2 aliphatic rings. The Hall–Kier alpha value is -4.13. The van der Waals surface area contributed by atoms with Crippen molar-refractivity contribution in [2.24, 2.45) is 0 Å². The van der Waals surface area contributed by atoms with Crippen LogP contribution in [0, 0.1) is 0 Å². The largest absolute Gasteiger partial charge is 0.444 e. The van der Waals surface area contributed by atoms with E-state index in [4.69, 9.17) is 33.2 Å². The number of carbonyl (C=O) groups is 1. The number of aliphatic hydroxyl groups excluding tert-OH is 1. The van der Waals surface area contributed by atoms with Crippen LogP contribution in [0.4, 0.5) is 4.79 Å². The molecule has 2 aliphatic heterocycles. The van der Waals surface area contributed by atoms with Crippen molar-refractivity contribution >= 4 is 6.09 Å². The summed E-state index contributed by atoms with van der Waals surface area (Å²) in [6, 6.07) is 39.5. The number of hydrogen-bond donors (Lipinski definition) is 1. The van der Waals surface area contributed by atoms with E-state index < -0.39 is 60.1 Å². The van der Waals surface area contributed by atoms with Crippen molar-refractivity contribution in [1.29, 1.82) is 0 Å². The van der Waals surface area contributed by atoms with Gasteiger partial charge in [0, 0.05) is 0 Å². The minimum Gasteiger partial charge on any atom is -0.444 e. The van der Waals surface area contributed by atoms with Gasteiger partial charge in [-0.05, 0) is 69.7 Å². The number of rotatable bonds is 17. The van der Waals surface area contributed by atoms with Gasteiger partial charge in [0.25, 0.3) is 0 Å². The summed E-state index contributed by atoms with van der Waals surface area (Å²) in [4.78, 5) is 15.0. The maximum atomic E-state index is 13.5. The van der Waals surface area contributed by atoms with Crippen molar-refractivity contribution < 1.29 is 43.1 Å². The molecule has 2 fully saturated rings. The zero-order valence-electron chi connectivity index (χ0n) is 33.9. The molecular formula is C47H59NO9. The topological polar surface area (TPSA) is 105 Å². The molecule has 57 heavy (non-hydrogen) atoms. The van der Waals surface area contributed by atoms with E-state index in [9.17, 15) is 9.90 Å². The quantitative estimate of drug-likeness (QED) is 0.113. The molecule has 4 aromatic rings. The Morgan fingerprint density at radius 1 is 0.702 bits per heavy atom. The van der Waals surface area contributed by atoms with Gasteiger partial charge in [0.15, 0.2) is 0 Å². The minimum atomic E-state index is -0.961. The predicted octanol–water partition coefficient (Wildman–Crippen LogP) is 8.24. The van der Waals surface area contributed by atoms with E-state index in [2.05, 4.69) is 0 Å². The van der Waals surface area contributed by atoms with Crippen molar-refractivity contribution in [2.45, 2.75) is 128 Å². The van der Waals surface area contributed by atoms with E-state index in [0.29, 0.717) is 32.8 Å². The molecule has 0 bridgehead atoms. The maximum Gasteiger partial charge on any atom is 0.412 e. The third kappa shape index (κ3) is 12.2. The van der Waals surface area contributed by atoms with E-state index in [-0.39, 0.29) is 19.6 Å². The molecular weight excluding hydrogens is 723 g/mol. The summed E-state index contributed by atoms with van der Waals surface area (Å²) in [7, 11) is 0. The van der Waals surface area contributed by atoms with Crippen molar-refractivity contribution in [3.63, 3.8) is 0 Å². The van der Waals surface area contributed by atoms with Crippen molar-refractivity contribution in [2.75, 3.05) is 13.2 Å². The van der Waals surface area contributed by atoms with Crippen molar-refractivity contribution in [1.82, 2.24) is 4.90 Å². The Labute approximate surface area is 337 Å². The van der Waals surface area contributed by atoms with Gasteiger partial charge in [0.1, 0.15) is 35.7 Å².